The summed E-state index contributed by atoms with van der Waals surface area (Å²) >= 11 is 0. The third-order valence-corrected chi connectivity index (χ3v) is 5.29. The minimum Gasteiger partial charge on any atom is -0.493 e. The number of benzene rings is 3. The Balaban J connectivity index is 1.74. The van der Waals surface area contributed by atoms with E-state index in [1.54, 1.807) is 62.6 Å². The summed E-state index contributed by atoms with van der Waals surface area (Å²) in [6.45, 7) is 3.56. The van der Waals surface area contributed by atoms with Crippen molar-refractivity contribution in [3.63, 3.8) is 0 Å². The van der Waals surface area contributed by atoms with Gasteiger partial charge in [0, 0.05) is 6.07 Å². The molecule has 1 aromatic heterocycles. The van der Waals surface area contributed by atoms with Gasteiger partial charge in [-0.3, -0.25) is 4.79 Å². The van der Waals surface area contributed by atoms with Gasteiger partial charge in [0.15, 0.2) is 11.5 Å². The fourth-order valence-electron chi connectivity index (χ4n) is 3.64. The predicted octanol–water partition coefficient (Wildman–Crippen LogP) is 5.31. The van der Waals surface area contributed by atoms with Crippen LogP contribution in [0.3, 0.4) is 0 Å². The quantitative estimate of drug-likeness (QED) is 0.315. The molecule has 0 aliphatic heterocycles. The van der Waals surface area contributed by atoms with E-state index in [9.17, 15) is 9.59 Å². The first kappa shape index (κ1) is 21.2. The largest absolute Gasteiger partial charge is 0.493 e. The Hall–Kier alpha value is -4.06. The number of ether oxygens (including phenoxy) is 3. The minimum atomic E-state index is -0.469. The molecule has 0 N–H and O–H groups in total. The first-order chi connectivity index (χ1) is 15.4. The number of aryl methyl sites for hydroxylation is 2. The van der Waals surface area contributed by atoms with E-state index in [1.165, 1.54) is 7.11 Å². The van der Waals surface area contributed by atoms with Crippen LogP contribution in [0.25, 0.3) is 22.1 Å². The summed E-state index contributed by atoms with van der Waals surface area (Å²) in [6, 6.07) is 17.2. The lowest BCUT2D eigenvalue weighted by molar-refractivity contribution is 0.0734. The molecular formula is C26H22O6. The molecule has 6 heteroatoms. The SMILES string of the molecule is COc1ccc(-c2c(C)oc3cc(OC(=O)c4ccccc4C)ccc3c2=O)cc1OC. The maximum absolute atomic E-state index is 13.3. The molecule has 1 heterocycles. The number of rotatable bonds is 5. The highest BCUT2D eigenvalue weighted by Crippen LogP contribution is 2.33. The van der Waals surface area contributed by atoms with Crippen LogP contribution in [0.2, 0.25) is 0 Å². The third-order valence-electron chi connectivity index (χ3n) is 5.29. The van der Waals surface area contributed by atoms with Crippen molar-refractivity contribution in [3.05, 3.63) is 87.8 Å². The van der Waals surface area contributed by atoms with Crippen molar-refractivity contribution >= 4 is 16.9 Å². The van der Waals surface area contributed by atoms with Crippen LogP contribution in [-0.2, 0) is 0 Å². The summed E-state index contributed by atoms with van der Waals surface area (Å²) in [5.41, 5.74) is 2.54. The lowest BCUT2D eigenvalue weighted by Gasteiger charge is -2.12. The van der Waals surface area contributed by atoms with Gasteiger partial charge in [0.25, 0.3) is 0 Å². The Morgan fingerprint density at radius 1 is 0.875 bits per heavy atom. The molecule has 0 fully saturated rings. The topological polar surface area (TPSA) is 75.0 Å². The summed E-state index contributed by atoms with van der Waals surface area (Å²) in [5.74, 6) is 1.36. The zero-order valence-electron chi connectivity index (χ0n) is 18.2. The Kier molecular flexibility index (Phi) is 5.69. The van der Waals surface area contributed by atoms with E-state index in [0.29, 0.717) is 50.7 Å². The summed E-state index contributed by atoms with van der Waals surface area (Å²) in [7, 11) is 3.09. The van der Waals surface area contributed by atoms with E-state index in [4.69, 9.17) is 18.6 Å². The monoisotopic (exact) mass is 430 g/mol. The molecule has 0 aliphatic carbocycles. The van der Waals surface area contributed by atoms with Crippen LogP contribution in [0, 0.1) is 13.8 Å². The molecule has 162 valence electrons. The Morgan fingerprint density at radius 2 is 1.62 bits per heavy atom. The van der Waals surface area contributed by atoms with Crippen molar-refractivity contribution in [2.75, 3.05) is 14.2 Å². The van der Waals surface area contributed by atoms with E-state index >= 15 is 0 Å². The number of esters is 1. The second-order valence-corrected chi connectivity index (χ2v) is 7.29. The van der Waals surface area contributed by atoms with Gasteiger partial charge in [-0.25, -0.2) is 4.79 Å². The van der Waals surface area contributed by atoms with Crippen LogP contribution in [-0.4, -0.2) is 20.2 Å². The highest BCUT2D eigenvalue weighted by atomic mass is 16.5. The molecule has 6 nitrogen and oxygen atoms in total. The molecule has 0 aliphatic rings. The molecule has 0 saturated carbocycles. The summed E-state index contributed by atoms with van der Waals surface area (Å²) < 4.78 is 22.1. The zero-order valence-corrected chi connectivity index (χ0v) is 18.2. The number of methoxy groups -OCH3 is 2. The van der Waals surface area contributed by atoms with Crippen LogP contribution in [0.4, 0.5) is 0 Å². The van der Waals surface area contributed by atoms with E-state index in [0.717, 1.165) is 5.56 Å². The molecule has 0 unspecified atom stereocenters. The van der Waals surface area contributed by atoms with Crippen molar-refractivity contribution in [2.24, 2.45) is 0 Å². The molecule has 0 atom stereocenters. The van der Waals surface area contributed by atoms with E-state index < -0.39 is 5.97 Å². The average Bonchev–Trinajstić information content (AvgIpc) is 2.79. The molecule has 0 amide bonds. The van der Waals surface area contributed by atoms with Gasteiger partial charge in [-0.15, -0.1) is 0 Å². The highest BCUT2D eigenvalue weighted by Gasteiger charge is 2.17. The van der Waals surface area contributed by atoms with Gasteiger partial charge in [-0.05, 0) is 55.3 Å². The van der Waals surface area contributed by atoms with Crippen LogP contribution >= 0.6 is 0 Å². The van der Waals surface area contributed by atoms with Gasteiger partial charge < -0.3 is 18.6 Å². The summed E-state index contributed by atoms with van der Waals surface area (Å²) in [4.78, 5) is 25.8. The molecule has 3 aromatic carbocycles. The van der Waals surface area contributed by atoms with Crippen molar-refractivity contribution in [1.29, 1.82) is 0 Å². The van der Waals surface area contributed by atoms with E-state index in [-0.39, 0.29) is 5.43 Å². The molecule has 4 aromatic rings. The first-order valence-corrected chi connectivity index (χ1v) is 10.0. The lowest BCUT2D eigenvalue weighted by Crippen LogP contribution is -2.11. The standard InChI is InChI=1S/C26H22O6/c1-15-7-5-6-8-19(15)26(28)32-18-10-11-20-22(14-18)31-16(2)24(25(20)27)17-9-12-21(29-3)23(13-17)30-4/h5-14H,1-4H3. The number of carbonyl (C=O) groups is 1. The third kappa shape index (κ3) is 3.83. The first-order valence-electron chi connectivity index (χ1n) is 10.0. The van der Waals surface area contributed by atoms with Crippen molar-refractivity contribution in [3.8, 4) is 28.4 Å². The van der Waals surface area contributed by atoms with Crippen LogP contribution in [0.15, 0.2) is 69.9 Å². The molecule has 0 radical (unpaired) electrons. The Labute approximate surface area is 185 Å². The van der Waals surface area contributed by atoms with E-state index in [2.05, 4.69) is 0 Å². The van der Waals surface area contributed by atoms with Gasteiger partial charge in [0.2, 0.25) is 5.43 Å². The Morgan fingerprint density at radius 3 is 2.34 bits per heavy atom. The number of hydrogen-bond acceptors (Lipinski definition) is 6. The van der Waals surface area contributed by atoms with Crippen molar-refractivity contribution < 1.29 is 23.4 Å². The lowest BCUT2D eigenvalue weighted by atomic mass is 10.0. The van der Waals surface area contributed by atoms with Gasteiger partial charge >= 0.3 is 5.97 Å². The summed E-state index contributed by atoms with van der Waals surface area (Å²) in [6.07, 6.45) is 0. The highest BCUT2D eigenvalue weighted by molar-refractivity contribution is 5.93. The van der Waals surface area contributed by atoms with Gasteiger partial charge in [-0.2, -0.15) is 0 Å². The van der Waals surface area contributed by atoms with Crippen LogP contribution < -0.4 is 19.6 Å². The molecule has 0 spiro atoms. The number of carbonyl (C=O) groups excluding carboxylic acids is 1. The molecule has 4 rings (SSSR count). The van der Waals surface area contributed by atoms with Gasteiger partial charge in [0.1, 0.15) is 17.1 Å². The predicted molar refractivity (Wildman–Crippen MR) is 122 cm³/mol. The van der Waals surface area contributed by atoms with Crippen LogP contribution in [0.1, 0.15) is 21.7 Å². The zero-order chi connectivity index (χ0) is 22.8. The smallest absolute Gasteiger partial charge is 0.343 e. The van der Waals surface area contributed by atoms with Crippen molar-refractivity contribution in [2.45, 2.75) is 13.8 Å². The fourth-order valence-corrected chi connectivity index (χ4v) is 3.64. The molecular weight excluding hydrogens is 408 g/mol. The van der Waals surface area contributed by atoms with Crippen LogP contribution in [0.5, 0.6) is 17.2 Å². The second-order valence-electron chi connectivity index (χ2n) is 7.29. The average molecular weight is 430 g/mol. The second kappa shape index (κ2) is 8.59. The maximum Gasteiger partial charge on any atom is 0.343 e. The van der Waals surface area contributed by atoms with Gasteiger partial charge in [0.05, 0.1) is 30.7 Å². The fraction of sp³-hybridized carbons (Fsp3) is 0.154. The molecule has 32 heavy (non-hydrogen) atoms. The molecule has 0 bridgehead atoms. The number of fused-ring (bicyclic) bond motifs is 1. The van der Waals surface area contributed by atoms with Crippen molar-refractivity contribution in [1.82, 2.24) is 0 Å². The maximum atomic E-state index is 13.3. The Bertz CT molecular complexity index is 1380. The minimum absolute atomic E-state index is 0.187. The summed E-state index contributed by atoms with van der Waals surface area (Å²) in [5, 5.41) is 0.385. The normalized spacial score (nSPS) is 10.8. The molecule has 0 saturated heterocycles. The number of hydrogen-bond donors (Lipinski definition) is 0. The van der Waals surface area contributed by atoms with Gasteiger partial charge in [-0.1, -0.05) is 24.3 Å². The van der Waals surface area contributed by atoms with E-state index in [1.807, 2.05) is 19.1 Å².